The van der Waals surface area contributed by atoms with Gasteiger partial charge < -0.3 is 10.1 Å². The van der Waals surface area contributed by atoms with Crippen molar-refractivity contribution >= 4 is 27.7 Å². The van der Waals surface area contributed by atoms with Gasteiger partial charge in [0.05, 0.1) is 0 Å². The van der Waals surface area contributed by atoms with Gasteiger partial charge in [-0.2, -0.15) is 0 Å². The maximum absolute atomic E-state index is 5.94. The molecule has 1 N–H and O–H groups in total. The zero-order valence-corrected chi connectivity index (χ0v) is 13.8. The molecule has 0 atom stereocenters. The number of anilines is 1. The highest BCUT2D eigenvalue weighted by molar-refractivity contribution is 9.10. The molecule has 1 aliphatic heterocycles. The van der Waals surface area contributed by atoms with E-state index in [0.29, 0.717) is 0 Å². The summed E-state index contributed by atoms with van der Waals surface area (Å²) in [5.41, 5.74) is 3.25. The van der Waals surface area contributed by atoms with E-state index >= 15 is 0 Å². The third kappa shape index (κ3) is 3.30. The highest BCUT2D eigenvalue weighted by atomic mass is 79.9. The fourth-order valence-corrected chi connectivity index (χ4v) is 2.77. The molecule has 0 fully saturated rings. The third-order valence-electron chi connectivity index (χ3n) is 3.47. The number of para-hydroxylation sites is 1. The van der Waals surface area contributed by atoms with Crippen molar-refractivity contribution in [3.05, 3.63) is 64.1 Å². The van der Waals surface area contributed by atoms with Crippen molar-refractivity contribution in [3.8, 4) is 5.75 Å². The monoisotopic (exact) mass is 343 g/mol. The summed E-state index contributed by atoms with van der Waals surface area (Å²) in [4.78, 5) is 0. The van der Waals surface area contributed by atoms with Gasteiger partial charge in [0.2, 0.25) is 0 Å². The third-order valence-corrected chi connectivity index (χ3v) is 4.16. The molecule has 0 saturated carbocycles. The molecule has 0 radical (unpaired) electrons. The van der Waals surface area contributed by atoms with Gasteiger partial charge in [-0.1, -0.05) is 24.3 Å². The molecule has 2 aromatic rings. The average molecular weight is 344 g/mol. The van der Waals surface area contributed by atoms with Crippen LogP contribution in [0.1, 0.15) is 25.0 Å². The Hall–Kier alpha value is -1.74. The zero-order chi connectivity index (χ0) is 14.9. The predicted molar refractivity (Wildman–Crippen MR) is 91.7 cm³/mol. The second kappa shape index (κ2) is 5.57. The first kappa shape index (κ1) is 14.2. The summed E-state index contributed by atoms with van der Waals surface area (Å²) in [6, 6.07) is 14.5. The summed E-state index contributed by atoms with van der Waals surface area (Å²) < 4.78 is 7.02. The zero-order valence-electron chi connectivity index (χ0n) is 12.2. The Balaban J connectivity index is 1.75. The van der Waals surface area contributed by atoms with Crippen LogP contribution in [0.4, 0.5) is 5.69 Å². The minimum absolute atomic E-state index is 0.221. The largest absolute Gasteiger partial charge is 0.483 e. The molecule has 0 amide bonds. The van der Waals surface area contributed by atoms with E-state index in [2.05, 4.69) is 71.5 Å². The Morgan fingerprint density at radius 2 is 1.95 bits per heavy atom. The lowest BCUT2D eigenvalue weighted by molar-refractivity contribution is 0.159. The topological polar surface area (TPSA) is 21.3 Å². The molecule has 21 heavy (non-hydrogen) atoms. The molecular formula is C18H18BrNO. The quantitative estimate of drug-likeness (QED) is 0.822. The normalized spacial score (nSPS) is 15.2. The second-order valence-electron chi connectivity index (χ2n) is 5.74. The SMILES string of the molecule is CC1(C)C=Cc2cc(CNc3ccccc3Br)ccc2O1. The number of rotatable bonds is 3. The fraction of sp³-hybridized carbons (Fsp3) is 0.222. The van der Waals surface area contributed by atoms with E-state index in [0.717, 1.165) is 28.0 Å². The van der Waals surface area contributed by atoms with Gasteiger partial charge in [-0.05, 0) is 65.7 Å². The maximum Gasteiger partial charge on any atom is 0.127 e. The summed E-state index contributed by atoms with van der Waals surface area (Å²) >= 11 is 3.55. The molecule has 1 heterocycles. The number of hydrogen-bond donors (Lipinski definition) is 1. The van der Waals surface area contributed by atoms with Crippen molar-refractivity contribution < 1.29 is 4.74 Å². The van der Waals surface area contributed by atoms with Crippen molar-refractivity contribution in [3.63, 3.8) is 0 Å². The van der Waals surface area contributed by atoms with Gasteiger partial charge >= 0.3 is 0 Å². The van der Waals surface area contributed by atoms with Crippen LogP contribution in [0.2, 0.25) is 0 Å². The van der Waals surface area contributed by atoms with E-state index in [1.165, 1.54) is 5.56 Å². The van der Waals surface area contributed by atoms with Gasteiger partial charge in [-0.25, -0.2) is 0 Å². The predicted octanol–water partition coefficient (Wildman–Crippen LogP) is 5.25. The number of benzene rings is 2. The van der Waals surface area contributed by atoms with Crippen molar-refractivity contribution in [1.29, 1.82) is 0 Å². The first-order chi connectivity index (χ1) is 10.0. The summed E-state index contributed by atoms with van der Waals surface area (Å²) in [7, 11) is 0. The van der Waals surface area contributed by atoms with E-state index in [1.54, 1.807) is 0 Å². The molecule has 108 valence electrons. The number of halogens is 1. The highest BCUT2D eigenvalue weighted by Gasteiger charge is 2.21. The van der Waals surface area contributed by atoms with Crippen LogP contribution in [0.15, 0.2) is 53.0 Å². The van der Waals surface area contributed by atoms with Crippen LogP contribution in [0, 0.1) is 0 Å². The minimum Gasteiger partial charge on any atom is -0.483 e. The summed E-state index contributed by atoms with van der Waals surface area (Å²) in [6.07, 6.45) is 4.24. The van der Waals surface area contributed by atoms with Gasteiger partial charge in [-0.15, -0.1) is 0 Å². The van der Waals surface area contributed by atoms with Crippen molar-refractivity contribution in [2.75, 3.05) is 5.32 Å². The van der Waals surface area contributed by atoms with Crippen molar-refractivity contribution in [2.45, 2.75) is 26.0 Å². The molecule has 3 rings (SSSR count). The Kier molecular flexibility index (Phi) is 3.77. The van der Waals surface area contributed by atoms with Crippen LogP contribution in [-0.2, 0) is 6.54 Å². The van der Waals surface area contributed by atoms with Gasteiger partial charge in [0.25, 0.3) is 0 Å². The van der Waals surface area contributed by atoms with Gasteiger partial charge in [-0.3, -0.25) is 0 Å². The molecule has 0 saturated heterocycles. The lowest BCUT2D eigenvalue weighted by Gasteiger charge is -2.28. The molecule has 0 bridgehead atoms. The van der Waals surface area contributed by atoms with Gasteiger partial charge in [0.15, 0.2) is 0 Å². The maximum atomic E-state index is 5.94. The first-order valence-electron chi connectivity index (χ1n) is 7.03. The van der Waals surface area contributed by atoms with E-state index in [4.69, 9.17) is 4.74 Å². The molecule has 0 aliphatic carbocycles. The van der Waals surface area contributed by atoms with Crippen LogP contribution >= 0.6 is 15.9 Å². The Bertz CT molecular complexity index is 691. The molecule has 0 aromatic heterocycles. The van der Waals surface area contributed by atoms with Crippen LogP contribution < -0.4 is 10.1 Å². The minimum atomic E-state index is -0.221. The molecular weight excluding hydrogens is 326 g/mol. The smallest absolute Gasteiger partial charge is 0.127 e. The number of nitrogens with one attached hydrogen (secondary N) is 1. The lowest BCUT2D eigenvalue weighted by Crippen LogP contribution is -2.27. The molecule has 3 heteroatoms. The first-order valence-corrected chi connectivity index (χ1v) is 7.82. The second-order valence-corrected chi connectivity index (χ2v) is 6.60. The fourth-order valence-electron chi connectivity index (χ4n) is 2.34. The van der Waals surface area contributed by atoms with Crippen LogP contribution in [0.5, 0.6) is 5.75 Å². The Morgan fingerprint density at radius 1 is 1.14 bits per heavy atom. The Labute approximate surface area is 134 Å². The Morgan fingerprint density at radius 3 is 2.76 bits per heavy atom. The summed E-state index contributed by atoms with van der Waals surface area (Å²) in [5, 5.41) is 3.44. The van der Waals surface area contributed by atoms with Crippen LogP contribution in [0.3, 0.4) is 0 Å². The molecule has 0 spiro atoms. The molecule has 0 unspecified atom stereocenters. The standard InChI is InChI=1S/C18H18BrNO/c1-18(2)10-9-14-11-13(7-8-17(14)21-18)12-20-16-6-4-3-5-15(16)19/h3-11,20H,12H2,1-2H3. The number of fused-ring (bicyclic) bond motifs is 1. The van der Waals surface area contributed by atoms with E-state index in [1.807, 2.05) is 18.2 Å². The number of ether oxygens (including phenoxy) is 1. The van der Waals surface area contributed by atoms with Crippen molar-refractivity contribution in [2.24, 2.45) is 0 Å². The molecule has 1 aliphatic rings. The van der Waals surface area contributed by atoms with E-state index in [-0.39, 0.29) is 5.60 Å². The van der Waals surface area contributed by atoms with Crippen LogP contribution in [-0.4, -0.2) is 5.60 Å². The van der Waals surface area contributed by atoms with E-state index in [9.17, 15) is 0 Å². The summed E-state index contributed by atoms with van der Waals surface area (Å²) in [6.45, 7) is 4.91. The summed E-state index contributed by atoms with van der Waals surface area (Å²) in [5.74, 6) is 0.951. The van der Waals surface area contributed by atoms with Crippen LogP contribution in [0.25, 0.3) is 6.08 Å². The van der Waals surface area contributed by atoms with Gasteiger partial charge in [0.1, 0.15) is 11.4 Å². The molecule has 2 aromatic carbocycles. The van der Waals surface area contributed by atoms with Gasteiger partial charge in [0, 0.05) is 22.3 Å². The molecule has 2 nitrogen and oxygen atoms in total. The number of hydrogen-bond acceptors (Lipinski definition) is 2. The average Bonchev–Trinajstić information content (AvgIpc) is 2.46. The van der Waals surface area contributed by atoms with E-state index < -0.39 is 0 Å². The highest BCUT2D eigenvalue weighted by Crippen LogP contribution is 2.31. The van der Waals surface area contributed by atoms with Crippen molar-refractivity contribution in [1.82, 2.24) is 0 Å². The lowest BCUT2D eigenvalue weighted by atomic mass is 10.0.